The highest BCUT2D eigenvalue weighted by Gasteiger charge is 2.43. The maximum Gasteiger partial charge on any atom is 0.192 e. The van der Waals surface area contributed by atoms with Gasteiger partial charge in [0, 0.05) is 29.6 Å². The van der Waals surface area contributed by atoms with E-state index in [-0.39, 0.29) is 11.6 Å². The standard InChI is InChI=1S/C22H30N4OS/c1-3-16-14-24-20(28-16)15-25-21(23-4-2)26-18-13-22(11-7-8-12-22)27-19-10-6-5-9-17(18)19/h5-6,9-10,14,18H,3-4,7-8,11-13,15H2,1-2H3,(H2,23,25,26). The number of aromatic nitrogens is 1. The second-order valence-corrected chi connectivity index (χ2v) is 8.90. The number of benzene rings is 1. The van der Waals surface area contributed by atoms with E-state index < -0.39 is 0 Å². The summed E-state index contributed by atoms with van der Waals surface area (Å²) in [4.78, 5) is 10.6. The quantitative estimate of drug-likeness (QED) is 0.571. The van der Waals surface area contributed by atoms with Gasteiger partial charge in [-0.05, 0) is 45.1 Å². The van der Waals surface area contributed by atoms with Crippen LogP contribution in [0.15, 0.2) is 35.5 Å². The van der Waals surface area contributed by atoms with Gasteiger partial charge in [0.25, 0.3) is 0 Å². The molecule has 2 heterocycles. The van der Waals surface area contributed by atoms with Crippen molar-refractivity contribution in [1.29, 1.82) is 0 Å². The topological polar surface area (TPSA) is 58.5 Å². The number of rotatable bonds is 5. The molecule has 150 valence electrons. The normalized spacial score (nSPS) is 20.6. The average molecular weight is 399 g/mol. The number of ether oxygens (including phenoxy) is 1. The van der Waals surface area contributed by atoms with Crippen LogP contribution in [-0.4, -0.2) is 23.1 Å². The van der Waals surface area contributed by atoms with Crippen molar-refractivity contribution in [3.8, 4) is 5.75 Å². The first-order valence-corrected chi connectivity index (χ1v) is 11.3. The predicted molar refractivity (Wildman–Crippen MR) is 115 cm³/mol. The summed E-state index contributed by atoms with van der Waals surface area (Å²) in [5, 5.41) is 8.16. The zero-order chi connectivity index (χ0) is 19.4. The smallest absolute Gasteiger partial charge is 0.192 e. The zero-order valence-electron chi connectivity index (χ0n) is 16.8. The average Bonchev–Trinajstić information content (AvgIpc) is 3.36. The Balaban J connectivity index is 1.54. The van der Waals surface area contributed by atoms with Gasteiger partial charge in [-0.2, -0.15) is 0 Å². The molecular weight excluding hydrogens is 368 g/mol. The highest BCUT2D eigenvalue weighted by atomic mass is 32.1. The van der Waals surface area contributed by atoms with E-state index in [9.17, 15) is 0 Å². The molecule has 28 heavy (non-hydrogen) atoms. The third-order valence-electron chi connectivity index (χ3n) is 5.69. The summed E-state index contributed by atoms with van der Waals surface area (Å²) in [6.45, 7) is 5.70. The number of nitrogens with zero attached hydrogens (tertiary/aromatic N) is 2. The Morgan fingerprint density at radius 3 is 2.86 bits per heavy atom. The van der Waals surface area contributed by atoms with Gasteiger partial charge in [-0.25, -0.2) is 9.98 Å². The van der Waals surface area contributed by atoms with E-state index in [1.165, 1.54) is 23.3 Å². The van der Waals surface area contributed by atoms with Crippen molar-refractivity contribution in [3.63, 3.8) is 0 Å². The van der Waals surface area contributed by atoms with Crippen LogP contribution in [0.5, 0.6) is 5.75 Å². The predicted octanol–water partition coefficient (Wildman–Crippen LogP) is 4.60. The molecule has 0 amide bonds. The number of guanidine groups is 1. The van der Waals surface area contributed by atoms with Gasteiger partial charge >= 0.3 is 0 Å². The van der Waals surface area contributed by atoms with Crippen LogP contribution in [0.3, 0.4) is 0 Å². The number of fused-ring (bicyclic) bond motifs is 1. The monoisotopic (exact) mass is 398 g/mol. The van der Waals surface area contributed by atoms with Crippen molar-refractivity contribution in [2.45, 2.75) is 70.6 Å². The molecule has 2 aliphatic rings. The molecule has 1 spiro atoms. The minimum atomic E-state index is -0.0192. The Morgan fingerprint density at radius 1 is 1.29 bits per heavy atom. The van der Waals surface area contributed by atoms with Gasteiger partial charge in [0.15, 0.2) is 5.96 Å². The molecule has 1 aromatic carbocycles. The fraction of sp³-hybridized carbons (Fsp3) is 0.545. The Hall–Kier alpha value is -2.08. The first-order chi connectivity index (χ1) is 13.7. The number of hydrogen-bond acceptors (Lipinski definition) is 4. The summed E-state index contributed by atoms with van der Waals surface area (Å²) in [6, 6.07) is 8.65. The number of para-hydroxylation sites is 1. The van der Waals surface area contributed by atoms with Crippen molar-refractivity contribution in [3.05, 3.63) is 45.9 Å². The van der Waals surface area contributed by atoms with Gasteiger partial charge < -0.3 is 15.4 Å². The van der Waals surface area contributed by atoms with E-state index in [1.807, 2.05) is 6.20 Å². The minimum absolute atomic E-state index is 0.0192. The van der Waals surface area contributed by atoms with E-state index in [4.69, 9.17) is 9.73 Å². The molecule has 1 unspecified atom stereocenters. The second-order valence-electron chi connectivity index (χ2n) is 7.70. The molecule has 2 N–H and O–H groups in total. The Kier molecular flexibility index (Phi) is 5.85. The number of nitrogens with one attached hydrogen (secondary N) is 2. The van der Waals surface area contributed by atoms with E-state index >= 15 is 0 Å². The maximum atomic E-state index is 6.49. The van der Waals surface area contributed by atoms with Gasteiger partial charge in [0.05, 0.1) is 12.6 Å². The molecule has 0 bridgehead atoms. The lowest BCUT2D eigenvalue weighted by Crippen LogP contribution is -2.46. The van der Waals surface area contributed by atoms with Crippen molar-refractivity contribution < 1.29 is 4.74 Å². The molecule has 4 rings (SSSR count). The first-order valence-electron chi connectivity index (χ1n) is 10.5. The molecular formula is C22H30N4OS. The minimum Gasteiger partial charge on any atom is -0.487 e. The maximum absolute atomic E-state index is 6.49. The Labute approximate surface area is 171 Å². The highest BCUT2D eigenvalue weighted by molar-refractivity contribution is 7.11. The lowest BCUT2D eigenvalue weighted by molar-refractivity contribution is 0.0396. The third kappa shape index (κ3) is 4.17. The lowest BCUT2D eigenvalue weighted by Gasteiger charge is -2.40. The number of hydrogen-bond donors (Lipinski definition) is 2. The lowest BCUT2D eigenvalue weighted by atomic mass is 9.86. The fourth-order valence-electron chi connectivity index (χ4n) is 4.29. The van der Waals surface area contributed by atoms with Crippen LogP contribution in [0.2, 0.25) is 0 Å². The van der Waals surface area contributed by atoms with Gasteiger partial charge in [-0.15, -0.1) is 11.3 Å². The van der Waals surface area contributed by atoms with E-state index in [0.29, 0.717) is 6.54 Å². The summed E-state index contributed by atoms with van der Waals surface area (Å²) in [5.41, 5.74) is 1.21. The Morgan fingerprint density at radius 2 is 2.11 bits per heavy atom. The second kappa shape index (κ2) is 8.52. The van der Waals surface area contributed by atoms with Gasteiger partial charge in [-0.3, -0.25) is 0 Å². The summed E-state index contributed by atoms with van der Waals surface area (Å²) >= 11 is 1.75. The third-order valence-corrected chi connectivity index (χ3v) is 6.82. The van der Waals surface area contributed by atoms with Crippen LogP contribution in [0.1, 0.15) is 67.4 Å². The van der Waals surface area contributed by atoms with Gasteiger partial charge in [0.2, 0.25) is 0 Å². The number of thiazole rings is 1. The van der Waals surface area contributed by atoms with Crippen LogP contribution in [0, 0.1) is 0 Å². The summed E-state index contributed by atoms with van der Waals surface area (Å²) in [6.07, 6.45) is 8.79. The van der Waals surface area contributed by atoms with Crippen molar-refractivity contribution in [1.82, 2.24) is 15.6 Å². The first kappa shape index (κ1) is 19.2. The highest BCUT2D eigenvalue weighted by Crippen LogP contribution is 2.46. The SMILES string of the molecule is CCNC(=NCc1ncc(CC)s1)NC1CC2(CCCC2)Oc2ccccc21. The molecule has 0 radical (unpaired) electrons. The number of aryl methyl sites for hydroxylation is 1. The van der Waals surface area contributed by atoms with Crippen molar-refractivity contribution in [2.75, 3.05) is 6.54 Å². The molecule has 1 atom stereocenters. The molecule has 5 nitrogen and oxygen atoms in total. The van der Waals surface area contributed by atoms with E-state index in [2.05, 4.69) is 53.7 Å². The van der Waals surface area contributed by atoms with Gasteiger partial charge in [0.1, 0.15) is 16.4 Å². The van der Waals surface area contributed by atoms with Crippen LogP contribution in [-0.2, 0) is 13.0 Å². The fourth-order valence-corrected chi connectivity index (χ4v) is 5.08. The number of aliphatic imine (C=N–C) groups is 1. The molecule has 0 saturated heterocycles. The summed E-state index contributed by atoms with van der Waals surface area (Å²) < 4.78 is 6.49. The summed E-state index contributed by atoms with van der Waals surface area (Å²) in [5.74, 6) is 1.88. The molecule has 6 heteroatoms. The van der Waals surface area contributed by atoms with Crippen LogP contribution in [0.25, 0.3) is 0 Å². The van der Waals surface area contributed by atoms with Crippen LogP contribution >= 0.6 is 11.3 Å². The largest absolute Gasteiger partial charge is 0.487 e. The molecule has 2 aromatic rings. The molecule has 1 fully saturated rings. The zero-order valence-corrected chi connectivity index (χ0v) is 17.6. The van der Waals surface area contributed by atoms with Crippen molar-refractivity contribution in [2.24, 2.45) is 4.99 Å². The Bertz CT molecular complexity index is 825. The summed E-state index contributed by atoms with van der Waals surface area (Å²) in [7, 11) is 0. The molecule has 1 aliphatic heterocycles. The van der Waals surface area contributed by atoms with E-state index in [1.54, 1.807) is 11.3 Å². The molecule has 1 saturated carbocycles. The van der Waals surface area contributed by atoms with Crippen LogP contribution in [0.4, 0.5) is 0 Å². The van der Waals surface area contributed by atoms with Crippen molar-refractivity contribution >= 4 is 17.3 Å². The van der Waals surface area contributed by atoms with Crippen LogP contribution < -0.4 is 15.4 Å². The van der Waals surface area contributed by atoms with Gasteiger partial charge in [-0.1, -0.05) is 25.1 Å². The molecule has 1 aromatic heterocycles. The van der Waals surface area contributed by atoms with E-state index in [0.717, 1.165) is 48.9 Å². The molecule has 1 aliphatic carbocycles.